The average Bonchev–Trinajstić information content (AvgIpc) is 2.40. The molecule has 1 nitrogen and oxygen atoms in total. The second-order valence-corrected chi connectivity index (χ2v) is 4.74. The Morgan fingerprint density at radius 1 is 0.722 bits per heavy atom. The van der Waals surface area contributed by atoms with E-state index in [0.717, 1.165) is 12.8 Å². The first-order chi connectivity index (χ1) is 8.78. The number of hydrogen-bond donors (Lipinski definition) is 0. The molecule has 0 aromatic heterocycles. The van der Waals surface area contributed by atoms with Gasteiger partial charge < -0.3 is 4.74 Å². The molecule has 0 spiro atoms. The van der Waals surface area contributed by atoms with E-state index < -0.39 is 0 Å². The molecule has 0 bridgehead atoms. The topological polar surface area (TPSA) is 9.23 Å². The van der Waals surface area contributed by atoms with Gasteiger partial charge in [-0.05, 0) is 36.5 Å². The van der Waals surface area contributed by atoms with Crippen LogP contribution in [0.3, 0.4) is 0 Å². The molecule has 0 saturated carbocycles. The average molecular weight is 240 g/mol. The van der Waals surface area contributed by atoms with Crippen molar-refractivity contribution in [3.8, 4) is 0 Å². The smallest absolute Gasteiger partial charge is 0.0713 e. The summed E-state index contributed by atoms with van der Waals surface area (Å²) in [7, 11) is 1.73. The maximum Gasteiger partial charge on any atom is 0.0713 e. The predicted octanol–water partition coefficient (Wildman–Crippen LogP) is 3.93. The molecular weight excluding hydrogens is 220 g/mol. The minimum atomic E-state index is 0.693. The number of ether oxygens (including phenoxy) is 1. The van der Waals surface area contributed by atoms with Crippen molar-refractivity contribution in [3.05, 3.63) is 70.8 Å². The molecule has 94 valence electrons. The van der Waals surface area contributed by atoms with Crippen LogP contribution in [0.2, 0.25) is 0 Å². The highest BCUT2D eigenvalue weighted by molar-refractivity contribution is 5.25. The summed E-state index contributed by atoms with van der Waals surface area (Å²) >= 11 is 0. The van der Waals surface area contributed by atoms with Crippen molar-refractivity contribution in [1.82, 2.24) is 0 Å². The zero-order chi connectivity index (χ0) is 12.8. The van der Waals surface area contributed by atoms with Gasteiger partial charge in [-0.1, -0.05) is 54.1 Å². The third kappa shape index (κ3) is 3.71. The van der Waals surface area contributed by atoms with E-state index in [9.17, 15) is 0 Å². The van der Waals surface area contributed by atoms with E-state index in [2.05, 4.69) is 55.5 Å². The number of methoxy groups -OCH3 is 1. The van der Waals surface area contributed by atoms with Crippen LogP contribution < -0.4 is 0 Å². The summed E-state index contributed by atoms with van der Waals surface area (Å²) in [5, 5.41) is 0. The highest BCUT2D eigenvalue weighted by Gasteiger charge is 1.97. The lowest BCUT2D eigenvalue weighted by atomic mass is 10.0. The Morgan fingerprint density at radius 2 is 1.17 bits per heavy atom. The lowest BCUT2D eigenvalue weighted by Gasteiger charge is -2.04. The lowest BCUT2D eigenvalue weighted by molar-refractivity contribution is 0.185. The maximum atomic E-state index is 5.11. The number of rotatable bonds is 5. The number of benzene rings is 2. The Morgan fingerprint density at radius 3 is 1.67 bits per heavy atom. The first-order valence-corrected chi connectivity index (χ1v) is 6.40. The van der Waals surface area contributed by atoms with Crippen molar-refractivity contribution in [2.45, 2.75) is 26.4 Å². The van der Waals surface area contributed by atoms with Crippen LogP contribution in [0.15, 0.2) is 48.5 Å². The van der Waals surface area contributed by atoms with Crippen LogP contribution in [0.5, 0.6) is 0 Å². The van der Waals surface area contributed by atoms with Gasteiger partial charge in [0.25, 0.3) is 0 Å². The van der Waals surface area contributed by atoms with Gasteiger partial charge in [-0.2, -0.15) is 0 Å². The third-order valence-electron chi connectivity index (χ3n) is 3.16. The standard InChI is InChI=1S/C17H20O/c1-14-3-5-15(6-4-14)7-8-16-9-11-17(12-10-16)13-18-2/h3-6,9-12H,7-8,13H2,1-2H3. The van der Waals surface area contributed by atoms with E-state index in [4.69, 9.17) is 4.74 Å². The molecule has 0 unspecified atom stereocenters. The highest BCUT2D eigenvalue weighted by atomic mass is 16.5. The van der Waals surface area contributed by atoms with E-state index >= 15 is 0 Å². The molecule has 0 N–H and O–H groups in total. The minimum Gasteiger partial charge on any atom is -0.380 e. The Balaban J connectivity index is 1.91. The van der Waals surface area contributed by atoms with E-state index in [0.29, 0.717) is 6.61 Å². The van der Waals surface area contributed by atoms with Crippen molar-refractivity contribution in [3.63, 3.8) is 0 Å². The molecule has 0 aliphatic rings. The molecule has 0 saturated heterocycles. The van der Waals surface area contributed by atoms with Gasteiger partial charge in [0.2, 0.25) is 0 Å². The first kappa shape index (κ1) is 12.8. The summed E-state index contributed by atoms with van der Waals surface area (Å²) in [6, 6.07) is 17.5. The van der Waals surface area contributed by atoms with Crippen LogP contribution >= 0.6 is 0 Å². The Hall–Kier alpha value is -1.60. The van der Waals surface area contributed by atoms with Crippen LogP contribution in [0.1, 0.15) is 22.3 Å². The van der Waals surface area contributed by atoms with E-state index in [1.807, 2.05) is 0 Å². The molecule has 0 amide bonds. The highest BCUT2D eigenvalue weighted by Crippen LogP contribution is 2.10. The first-order valence-electron chi connectivity index (χ1n) is 6.40. The van der Waals surface area contributed by atoms with Crippen molar-refractivity contribution in [1.29, 1.82) is 0 Å². The normalized spacial score (nSPS) is 10.6. The van der Waals surface area contributed by atoms with Crippen molar-refractivity contribution in [2.75, 3.05) is 7.11 Å². The monoisotopic (exact) mass is 240 g/mol. The SMILES string of the molecule is COCc1ccc(CCc2ccc(C)cc2)cc1. The van der Waals surface area contributed by atoms with Gasteiger partial charge in [-0.3, -0.25) is 0 Å². The largest absolute Gasteiger partial charge is 0.380 e. The van der Waals surface area contributed by atoms with Crippen molar-refractivity contribution >= 4 is 0 Å². The van der Waals surface area contributed by atoms with Gasteiger partial charge >= 0.3 is 0 Å². The molecule has 2 rings (SSSR count). The van der Waals surface area contributed by atoms with E-state index in [1.54, 1.807) is 7.11 Å². The van der Waals surface area contributed by atoms with Crippen molar-refractivity contribution in [2.24, 2.45) is 0 Å². The van der Waals surface area contributed by atoms with Crippen molar-refractivity contribution < 1.29 is 4.74 Å². The molecule has 0 aliphatic heterocycles. The fraction of sp³-hybridized carbons (Fsp3) is 0.294. The fourth-order valence-corrected chi connectivity index (χ4v) is 2.01. The van der Waals surface area contributed by atoms with Crippen LogP contribution in [-0.2, 0) is 24.2 Å². The summed E-state index contributed by atoms with van der Waals surface area (Å²) in [5.41, 5.74) is 5.34. The Bertz CT molecular complexity index is 468. The number of aryl methyl sites for hydroxylation is 3. The van der Waals surface area contributed by atoms with Gasteiger partial charge in [0, 0.05) is 7.11 Å². The summed E-state index contributed by atoms with van der Waals surface area (Å²) < 4.78 is 5.11. The quantitative estimate of drug-likeness (QED) is 0.769. The molecular formula is C17H20O. The summed E-state index contributed by atoms with van der Waals surface area (Å²) in [4.78, 5) is 0. The molecule has 0 radical (unpaired) electrons. The fourth-order valence-electron chi connectivity index (χ4n) is 2.01. The lowest BCUT2D eigenvalue weighted by Crippen LogP contribution is -1.93. The van der Waals surface area contributed by atoms with Gasteiger partial charge in [-0.25, -0.2) is 0 Å². The molecule has 2 aromatic carbocycles. The second-order valence-electron chi connectivity index (χ2n) is 4.74. The van der Waals surface area contributed by atoms with Crippen LogP contribution in [-0.4, -0.2) is 7.11 Å². The zero-order valence-electron chi connectivity index (χ0n) is 11.1. The second kappa shape index (κ2) is 6.36. The molecule has 0 aliphatic carbocycles. The third-order valence-corrected chi connectivity index (χ3v) is 3.16. The van der Waals surface area contributed by atoms with Gasteiger partial charge in [-0.15, -0.1) is 0 Å². The van der Waals surface area contributed by atoms with E-state index in [1.165, 1.54) is 22.3 Å². The van der Waals surface area contributed by atoms with Gasteiger partial charge in [0.05, 0.1) is 6.61 Å². The van der Waals surface area contributed by atoms with Crippen LogP contribution in [0.25, 0.3) is 0 Å². The number of hydrogen-bond acceptors (Lipinski definition) is 1. The van der Waals surface area contributed by atoms with Crippen LogP contribution in [0, 0.1) is 6.92 Å². The Kier molecular flexibility index (Phi) is 4.54. The van der Waals surface area contributed by atoms with Crippen LogP contribution in [0.4, 0.5) is 0 Å². The molecule has 1 heteroatoms. The Labute approximate surface area is 109 Å². The minimum absolute atomic E-state index is 0.693. The molecule has 0 atom stereocenters. The molecule has 0 fully saturated rings. The maximum absolute atomic E-state index is 5.11. The molecule has 2 aromatic rings. The predicted molar refractivity (Wildman–Crippen MR) is 75.7 cm³/mol. The molecule has 18 heavy (non-hydrogen) atoms. The van der Waals surface area contributed by atoms with E-state index in [-0.39, 0.29) is 0 Å². The summed E-state index contributed by atoms with van der Waals surface area (Å²) in [6.45, 7) is 2.82. The summed E-state index contributed by atoms with van der Waals surface area (Å²) in [5.74, 6) is 0. The summed E-state index contributed by atoms with van der Waals surface area (Å²) in [6.07, 6.45) is 2.19. The zero-order valence-corrected chi connectivity index (χ0v) is 11.1. The van der Waals surface area contributed by atoms with Gasteiger partial charge in [0.15, 0.2) is 0 Å². The van der Waals surface area contributed by atoms with Gasteiger partial charge in [0.1, 0.15) is 0 Å². The molecule has 0 heterocycles.